The van der Waals surface area contributed by atoms with E-state index in [0.717, 1.165) is 60.8 Å². The SMILES string of the molecule is CCCN(CCC)c1cc(/C=N/Nc2cc(C)c(C)o2)nc(OCCc2ccccn2)c1. The highest BCUT2D eigenvalue weighted by Crippen LogP contribution is 2.22. The van der Waals surface area contributed by atoms with Gasteiger partial charge in [0.15, 0.2) is 0 Å². The molecule has 7 nitrogen and oxygen atoms in total. The molecule has 170 valence electrons. The maximum atomic E-state index is 6.00. The largest absolute Gasteiger partial charge is 0.477 e. The molecule has 3 heterocycles. The van der Waals surface area contributed by atoms with Crippen molar-refractivity contribution in [2.24, 2.45) is 5.10 Å². The molecular weight excluding hydrogens is 402 g/mol. The van der Waals surface area contributed by atoms with Crippen molar-refractivity contribution in [3.05, 3.63) is 65.3 Å². The van der Waals surface area contributed by atoms with Crippen LogP contribution in [0.2, 0.25) is 0 Å². The van der Waals surface area contributed by atoms with Gasteiger partial charge in [-0.3, -0.25) is 4.98 Å². The zero-order valence-electron chi connectivity index (χ0n) is 19.5. The van der Waals surface area contributed by atoms with Gasteiger partial charge < -0.3 is 14.1 Å². The minimum absolute atomic E-state index is 0.509. The summed E-state index contributed by atoms with van der Waals surface area (Å²) in [5.74, 6) is 2.07. The molecule has 1 N–H and O–H groups in total. The Balaban J connectivity index is 1.76. The first-order valence-corrected chi connectivity index (χ1v) is 11.2. The van der Waals surface area contributed by atoms with Gasteiger partial charge in [0.1, 0.15) is 5.76 Å². The number of aryl methyl sites for hydroxylation is 2. The number of anilines is 2. The second kappa shape index (κ2) is 11.9. The fraction of sp³-hybridized carbons (Fsp3) is 0.400. The molecule has 3 aromatic rings. The Kier molecular flexibility index (Phi) is 8.66. The van der Waals surface area contributed by atoms with Crippen LogP contribution >= 0.6 is 0 Å². The average Bonchev–Trinajstić information content (AvgIpc) is 3.11. The number of nitrogens with zero attached hydrogens (tertiary/aromatic N) is 4. The van der Waals surface area contributed by atoms with E-state index in [4.69, 9.17) is 9.15 Å². The Labute approximate surface area is 190 Å². The van der Waals surface area contributed by atoms with E-state index < -0.39 is 0 Å². The Morgan fingerprint density at radius 2 is 1.94 bits per heavy atom. The van der Waals surface area contributed by atoms with Crippen molar-refractivity contribution in [1.29, 1.82) is 0 Å². The number of ether oxygens (including phenoxy) is 1. The summed E-state index contributed by atoms with van der Waals surface area (Å²) in [6.45, 7) is 10.8. The van der Waals surface area contributed by atoms with Crippen LogP contribution in [0.5, 0.6) is 5.88 Å². The highest BCUT2D eigenvalue weighted by atomic mass is 16.5. The molecule has 0 unspecified atom stereocenters. The highest BCUT2D eigenvalue weighted by molar-refractivity contribution is 5.79. The van der Waals surface area contributed by atoms with E-state index in [0.29, 0.717) is 18.4 Å². The summed E-state index contributed by atoms with van der Waals surface area (Å²) < 4.78 is 11.6. The van der Waals surface area contributed by atoms with E-state index in [1.165, 1.54) is 0 Å². The molecule has 3 rings (SSSR count). The number of hydrazone groups is 1. The number of pyridine rings is 2. The molecule has 0 fully saturated rings. The topological polar surface area (TPSA) is 75.8 Å². The maximum Gasteiger partial charge on any atom is 0.215 e. The molecule has 0 atom stereocenters. The molecule has 0 bridgehead atoms. The zero-order chi connectivity index (χ0) is 22.8. The second-order valence-electron chi connectivity index (χ2n) is 7.71. The number of furan rings is 1. The van der Waals surface area contributed by atoms with Crippen LogP contribution in [0.4, 0.5) is 11.6 Å². The average molecular weight is 436 g/mol. The first kappa shape index (κ1) is 23.3. The monoisotopic (exact) mass is 435 g/mol. The van der Waals surface area contributed by atoms with Crippen LogP contribution in [0.3, 0.4) is 0 Å². The summed E-state index contributed by atoms with van der Waals surface area (Å²) in [7, 11) is 0. The Bertz CT molecular complexity index is 975. The van der Waals surface area contributed by atoms with Gasteiger partial charge in [-0.05, 0) is 50.5 Å². The predicted octanol–water partition coefficient (Wildman–Crippen LogP) is 5.38. The Hall–Kier alpha value is -3.35. The summed E-state index contributed by atoms with van der Waals surface area (Å²) in [5.41, 5.74) is 6.83. The Morgan fingerprint density at radius 1 is 1.12 bits per heavy atom. The first-order chi connectivity index (χ1) is 15.6. The third-order valence-corrected chi connectivity index (χ3v) is 5.03. The van der Waals surface area contributed by atoms with Crippen LogP contribution in [0.25, 0.3) is 0 Å². The minimum Gasteiger partial charge on any atom is -0.477 e. The predicted molar refractivity (Wildman–Crippen MR) is 130 cm³/mol. The van der Waals surface area contributed by atoms with Crippen molar-refractivity contribution in [3.8, 4) is 5.88 Å². The van der Waals surface area contributed by atoms with Crippen LogP contribution in [-0.2, 0) is 6.42 Å². The molecule has 7 heteroatoms. The van der Waals surface area contributed by atoms with Gasteiger partial charge in [-0.15, -0.1) is 0 Å². The lowest BCUT2D eigenvalue weighted by molar-refractivity contribution is 0.308. The number of hydrogen-bond donors (Lipinski definition) is 1. The molecule has 0 aliphatic heterocycles. The van der Waals surface area contributed by atoms with E-state index in [2.05, 4.69) is 39.2 Å². The second-order valence-corrected chi connectivity index (χ2v) is 7.71. The Morgan fingerprint density at radius 3 is 2.59 bits per heavy atom. The summed E-state index contributed by atoms with van der Waals surface area (Å²) >= 11 is 0. The lowest BCUT2D eigenvalue weighted by Gasteiger charge is -2.24. The van der Waals surface area contributed by atoms with Crippen LogP contribution in [0.1, 0.15) is 49.4 Å². The molecule has 0 aliphatic rings. The molecule has 0 amide bonds. The lowest BCUT2D eigenvalue weighted by Crippen LogP contribution is -2.25. The van der Waals surface area contributed by atoms with E-state index in [1.807, 2.05) is 50.2 Å². The van der Waals surface area contributed by atoms with E-state index in [9.17, 15) is 0 Å². The van der Waals surface area contributed by atoms with Crippen LogP contribution < -0.4 is 15.1 Å². The molecule has 0 saturated heterocycles. The van der Waals surface area contributed by atoms with Gasteiger partial charge in [0.2, 0.25) is 11.8 Å². The van der Waals surface area contributed by atoms with E-state index >= 15 is 0 Å². The third kappa shape index (κ3) is 6.83. The number of nitrogens with one attached hydrogen (secondary N) is 1. The van der Waals surface area contributed by atoms with Crippen molar-refractivity contribution in [3.63, 3.8) is 0 Å². The maximum absolute atomic E-state index is 6.00. The smallest absolute Gasteiger partial charge is 0.215 e. The molecule has 0 saturated carbocycles. The van der Waals surface area contributed by atoms with Crippen LogP contribution in [-0.4, -0.2) is 35.9 Å². The summed E-state index contributed by atoms with van der Waals surface area (Å²) in [6, 6.07) is 11.9. The third-order valence-electron chi connectivity index (χ3n) is 5.03. The summed E-state index contributed by atoms with van der Waals surface area (Å²) in [4.78, 5) is 11.3. The van der Waals surface area contributed by atoms with Gasteiger partial charge in [0.05, 0.1) is 18.5 Å². The molecule has 0 aliphatic carbocycles. The number of aromatic nitrogens is 2. The number of hydrogen-bond acceptors (Lipinski definition) is 7. The van der Waals surface area contributed by atoms with Crippen molar-refractivity contribution in [1.82, 2.24) is 9.97 Å². The fourth-order valence-electron chi connectivity index (χ4n) is 3.34. The molecule has 0 spiro atoms. The first-order valence-electron chi connectivity index (χ1n) is 11.2. The van der Waals surface area contributed by atoms with Gasteiger partial charge in [0, 0.05) is 49.2 Å². The van der Waals surface area contributed by atoms with Gasteiger partial charge in [0.25, 0.3) is 0 Å². The van der Waals surface area contributed by atoms with Crippen LogP contribution in [0, 0.1) is 13.8 Å². The molecular formula is C25H33N5O2. The summed E-state index contributed by atoms with van der Waals surface area (Å²) in [5, 5.41) is 4.31. The van der Waals surface area contributed by atoms with Gasteiger partial charge in [-0.25, -0.2) is 10.4 Å². The fourth-order valence-corrected chi connectivity index (χ4v) is 3.34. The van der Waals surface area contributed by atoms with E-state index in [1.54, 1.807) is 12.4 Å². The van der Waals surface area contributed by atoms with Gasteiger partial charge in [-0.2, -0.15) is 5.10 Å². The zero-order valence-corrected chi connectivity index (χ0v) is 19.5. The van der Waals surface area contributed by atoms with Crippen molar-refractivity contribution >= 4 is 17.8 Å². The molecule has 0 radical (unpaired) electrons. The minimum atomic E-state index is 0.509. The van der Waals surface area contributed by atoms with Gasteiger partial charge >= 0.3 is 0 Å². The normalized spacial score (nSPS) is 11.1. The number of rotatable bonds is 12. The molecule has 0 aromatic carbocycles. The lowest BCUT2D eigenvalue weighted by atomic mass is 10.2. The van der Waals surface area contributed by atoms with E-state index in [-0.39, 0.29) is 0 Å². The standard InChI is InChI=1S/C25H33N5O2/c1-5-12-30(13-6-2)23-16-22(18-27-29-25-15-19(3)20(4)32-25)28-24(17-23)31-14-10-21-9-7-8-11-26-21/h7-9,11,15-18,29H,5-6,10,12-14H2,1-4H3/b27-18+. The van der Waals surface area contributed by atoms with Crippen molar-refractivity contribution in [2.75, 3.05) is 30.0 Å². The molecule has 32 heavy (non-hydrogen) atoms. The van der Waals surface area contributed by atoms with Gasteiger partial charge in [-0.1, -0.05) is 19.9 Å². The summed E-state index contributed by atoms with van der Waals surface area (Å²) in [6.07, 6.45) is 6.35. The van der Waals surface area contributed by atoms with Crippen LogP contribution in [0.15, 0.2) is 52.1 Å². The van der Waals surface area contributed by atoms with Crippen molar-refractivity contribution in [2.45, 2.75) is 47.0 Å². The highest BCUT2D eigenvalue weighted by Gasteiger charge is 2.10. The molecule has 3 aromatic heterocycles. The van der Waals surface area contributed by atoms with Crippen molar-refractivity contribution < 1.29 is 9.15 Å². The quantitative estimate of drug-likeness (QED) is 0.304.